The molecule has 0 saturated heterocycles. The monoisotopic (exact) mass is 216 g/mol. The Hall–Kier alpha value is -0.610. The van der Waals surface area contributed by atoms with E-state index in [-0.39, 0.29) is 0 Å². The lowest BCUT2D eigenvalue weighted by Gasteiger charge is -2.34. The number of likely N-dealkylation sites (N-methyl/N-ethyl adjacent to an activating group) is 2. The lowest BCUT2D eigenvalue weighted by molar-refractivity contribution is -0.144. The highest BCUT2D eigenvalue weighted by Gasteiger charge is 2.33. The molecule has 0 spiro atoms. The summed E-state index contributed by atoms with van der Waals surface area (Å²) in [4.78, 5) is 13.2. The number of hydrogen-bond donors (Lipinski definition) is 2. The number of aliphatic carboxylic acids is 1. The second kappa shape index (κ2) is 6.08. The van der Waals surface area contributed by atoms with Gasteiger partial charge in [-0.2, -0.15) is 0 Å². The molecule has 90 valence electrons. The van der Waals surface area contributed by atoms with E-state index in [9.17, 15) is 4.79 Å². The fourth-order valence-corrected chi connectivity index (χ4v) is 1.79. The van der Waals surface area contributed by atoms with Crippen LogP contribution in [0.1, 0.15) is 33.6 Å². The van der Waals surface area contributed by atoms with E-state index >= 15 is 0 Å². The van der Waals surface area contributed by atoms with E-state index in [1.54, 1.807) is 14.0 Å². The van der Waals surface area contributed by atoms with Crippen LogP contribution in [0.15, 0.2) is 0 Å². The molecule has 1 unspecified atom stereocenters. The van der Waals surface area contributed by atoms with Crippen molar-refractivity contribution in [2.24, 2.45) is 0 Å². The minimum Gasteiger partial charge on any atom is -0.480 e. The quantitative estimate of drug-likeness (QED) is 0.671. The summed E-state index contributed by atoms with van der Waals surface area (Å²) in [5.74, 6) is -0.803. The van der Waals surface area contributed by atoms with Crippen LogP contribution in [0.3, 0.4) is 0 Å². The van der Waals surface area contributed by atoms with E-state index in [1.807, 2.05) is 7.05 Å². The van der Waals surface area contributed by atoms with Crippen molar-refractivity contribution >= 4 is 5.97 Å². The first-order chi connectivity index (χ1) is 6.91. The fourth-order valence-electron chi connectivity index (χ4n) is 1.79. The van der Waals surface area contributed by atoms with Crippen LogP contribution in [0.2, 0.25) is 0 Å². The van der Waals surface area contributed by atoms with Crippen molar-refractivity contribution in [3.63, 3.8) is 0 Å². The van der Waals surface area contributed by atoms with Crippen molar-refractivity contribution in [2.75, 3.05) is 20.6 Å². The summed E-state index contributed by atoms with van der Waals surface area (Å²) in [6.07, 6.45) is 2.10. The Morgan fingerprint density at radius 1 is 1.47 bits per heavy atom. The molecular formula is C11H24N2O2. The van der Waals surface area contributed by atoms with Gasteiger partial charge in [0.15, 0.2) is 0 Å². The van der Waals surface area contributed by atoms with Gasteiger partial charge in [0.2, 0.25) is 0 Å². The Kier molecular flexibility index (Phi) is 5.83. The normalized spacial score (nSPS) is 15.7. The standard InChI is InChI=1S/C11H24N2O2/c1-6-9(7-2)13(5)8-11(3,12-4)10(14)15/h9,12H,6-8H2,1-5H3,(H,14,15). The van der Waals surface area contributed by atoms with Gasteiger partial charge in [-0.3, -0.25) is 4.79 Å². The Morgan fingerprint density at radius 3 is 2.20 bits per heavy atom. The maximum atomic E-state index is 11.1. The highest BCUT2D eigenvalue weighted by atomic mass is 16.4. The van der Waals surface area contributed by atoms with Crippen LogP contribution in [0.25, 0.3) is 0 Å². The molecule has 0 bridgehead atoms. The van der Waals surface area contributed by atoms with Crippen molar-refractivity contribution < 1.29 is 9.90 Å². The third kappa shape index (κ3) is 3.80. The SMILES string of the molecule is CCC(CC)N(C)CC(C)(NC)C(=O)O. The molecule has 0 fully saturated rings. The van der Waals surface area contributed by atoms with Gasteiger partial charge in [0, 0.05) is 12.6 Å². The first-order valence-corrected chi connectivity index (χ1v) is 5.53. The molecule has 1 atom stereocenters. The van der Waals surface area contributed by atoms with Crippen LogP contribution in [0, 0.1) is 0 Å². The Bertz CT molecular complexity index is 205. The Labute approximate surface area is 92.7 Å². The molecule has 0 rings (SSSR count). The first-order valence-electron chi connectivity index (χ1n) is 5.53. The second-order valence-electron chi connectivity index (χ2n) is 4.27. The Balaban J connectivity index is 4.48. The van der Waals surface area contributed by atoms with Crippen LogP contribution in [-0.2, 0) is 4.79 Å². The average Bonchev–Trinajstić information content (AvgIpc) is 2.19. The van der Waals surface area contributed by atoms with Crippen LogP contribution in [-0.4, -0.2) is 48.2 Å². The highest BCUT2D eigenvalue weighted by Crippen LogP contribution is 2.12. The number of carboxylic acids is 1. The van der Waals surface area contributed by atoms with E-state index in [2.05, 4.69) is 24.1 Å². The molecule has 0 aliphatic heterocycles. The molecule has 4 nitrogen and oxygen atoms in total. The van der Waals surface area contributed by atoms with Crippen LogP contribution >= 0.6 is 0 Å². The predicted molar refractivity (Wildman–Crippen MR) is 62.1 cm³/mol. The summed E-state index contributed by atoms with van der Waals surface area (Å²) >= 11 is 0. The molecule has 0 aliphatic carbocycles. The highest BCUT2D eigenvalue weighted by molar-refractivity contribution is 5.78. The number of nitrogens with one attached hydrogen (secondary N) is 1. The van der Waals surface area contributed by atoms with Crippen LogP contribution in [0.4, 0.5) is 0 Å². The number of hydrogen-bond acceptors (Lipinski definition) is 3. The topological polar surface area (TPSA) is 52.6 Å². The maximum absolute atomic E-state index is 11.1. The fraction of sp³-hybridized carbons (Fsp3) is 0.909. The van der Waals surface area contributed by atoms with Crippen molar-refractivity contribution in [3.8, 4) is 0 Å². The van der Waals surface area contributed by atoms with E-state index in [1.165, 1.54) is 0 Å². The number of nitrogens with zero attached hydrogens (tertiary/aromatic N) is 1. The van der Waals surface area contributed by atoms with Gasteiger partial charge < -0.3 is 15.3 Å². The smallest absolute Gasteiger partial charge is 0.324 e. The van der Waals surface area contributed by atoms with Crippen molar-refractivity contribution in [1.29, 1.82) is 0 Å². The lowest BCUT2D eigenvalue weighted by atomic mass is 10.0. The minimum atomic E-state index is -0.864. The van der Waals surface area contributed by atoms with Gasteiger partial charge in [-0.05, 0) is 33.9 Å². The number of carbonyl (C=O) groups is 1. The molecule has 0 amide bonds. The zero-order valence-corrected chi connectivity index (χ0v) is 10.5. The van der Waals surface area contributed by atoms with E-state index in [4.69, 9.17) is 5.11 Å². The summed E-state index contributed by atoms with van der Waals surface area (Å²) in [6, 6.07) is 0.456. The molecule has 0 radical (unpaired) electrons. The minimum absolute atomic E-state index is 0.456. The molecule has 0 aromatic carbocycles. The van der Waals surface area contributed by atoms with Crippen LogP contribution < -0.4 is 5.32 Å². The summed E-state index contributed by atoms with van der Waals surface area (Å²) in [5, 5.41) is 12.0. The number of carboxylic acid groups (broad SMARTS) is 1. The third-order valence-corrected chi connectivity index (χ3v) is 3.16. The molecule has 0 heterocycles. The summed E-state index contributed by atoms with van der Waals surface area (Å²) in [5.41, 5.74) is -0.864. The zero-order chi connectivity index (χ0) is 12.1. The summed E-state index contributed by atoms with van der Waals surface area (Å²) in [7, 11) is 3.67. The average molecular weight is 216 g/mol. The molecule has 0 aliphatic rings. The Morgan fingerprint density at radius 2 is 1.93 bits per heavy atom. The molecule has 0 aromatic rings. The molecular weight excluding hydrogens is 192 g/mol. The second-order valence-corrected chi connectivity index (χ2v) is 4.27. The molecule has 0 saturated carbocycles. The van der Waals surface area contributed by atoms with Gasteiger partial charge in [0.05, 0.1) is 0 Å². The predicted octanol–water partition coefficient (Wildman–Crippen LogP) is 1.17. The van der Waals surface area contributed by atoms with E-state index in [0.29, 0.717) is 12.6 Å². The van der Waals surface area contributed by atoms with Gasteiger partial charge in [-0.25, -0.2) is 0 Å². The maximum Gasteiger partial charge on any atom is 0.324 e. The molecule has 2 N–H and O–H groups in total. The van der Waals surface area contributed by atoms with Crippen molar-refractivity contribution in [1.82, 2.24) is 10.2 Å². The van der Waals surface area contributed by atoms with Crippen LogP contribution in [0.5, 0.6) is 0 Å². The van der Waals surface area contributed by atoms with Crippen molar-refractivity contribution in [2.45, 2.75) is 45.2 Å². The van der Waals surface area contributed by atoms with E-state index in [0.717, 1.165) is 12.8 Å². The largest absolute Gasteiger partial charge is 0.480 e. The summed E-state index contributed by atoms with van der Waals surface area (Å²) < 4.78 is 0. The van der Waals surface area contributed by atoms with Gasteiger partial charge in [0.25, 0.3) is 0 Å². The number of rotatable bonds is 7. The van der Waals surface area contributed by atoms with E-state index < -0.39 is 11.5 Å². The zero-order valence-electron chi connectivity index (χ0n) is 10.5. The third-order valence-electron chi connectivity index (χ3n) is 3.16. The summed E-state index contributed by atoms with van der Waals surface area (Å²) in [6.45, 7) is 6.49. The lowest BCUT2D eigenvalue weighted by Crippen LogP contribution is -2.56. The van der Waals surface area contributed by atoms with Gasteiger partial charge in [-0.1, -0.05) is 13.8 Å². The molecule has 0 aromatic heterocycles. The van der Waals surface area contributed by atoms with Gasteiger partial charge in [-0.15, -0.1) is 0 Å². The van der Waals surface area contributed by atoms with Gasteiger partial charge >= 0.3 is 5.97 Å². The first kappa shape index (κ1) is 14.4. The molecule has 15 heavy (non-hydrogen) atoms. The molecule has 4 heteroatoms. The van der Waals surface area contributed by atoms with Crippen molar-refractivity contribution in [3.05, 3.63) is 0 Å². The van der Waals surface area contributed by atoms with Gasteiger partial charge in [0.1, 0.15) is 5.54 Å².